The van der Waals surface area contributed by atoms with Gasteiger partial charge in [-0.25, -0.2) is 4.98 Å². The Labute approximate surface area is 445 Å². The van der Waals surface area contributed by atoms with Crippen LogP contribution in [0.2, 0.25) is 0 Å². The molecule has 7 aromatic rings. The summed E-state index contributed by atoms with van der Waals surface area (Å²) < 4.78 is 12.5. The van der Waals surface area contributed by atoms with Gasteiger partial charge < -0.3 is 44.8 Å². The van der Waals surface area contributed by atoms with Crippen molar-refractivity contribution in [2.24, 2.45) is 5.41 Å². The molecule has 392 valence electrons. The first-order chi connectivity index (χ1) is 36.8. The molecule has 5 fully saturated rings. The standard InChI is InChI=1S/C58H63N11O6S/c1-32(2)48(56(73)69-28-41(71)22-45(69)55(72)60-24-35-8-10-36(11-9-35)53-34(4)61-31-76-53)46-23-47(65-75-46)68-29-58(30-68)14-16-66(17-15-58)18-19-74-57-63-52-44(54(64-57)67-26-38-12-13-39(27-67)62-38)25-59-51-43-21-40(70)20-37-6-5-7-42(50(37)43)33(3)49(51)52/h5-11,20-21,23,25,31,33,38-39,41,45,62,70-71H,12-19,22,24,26-30H2,1-4H3,(H,60,72)/t33?,38?,39?,41-,45+/m1/s1. The van der Waals surface area contributed by atoms with E-state index in [0.717, 1.165) is 143 Å². The number of fused-ring (bicyclic) bond motifs is 6. The van der Waals surface area contributed by atoms with Crippen molar-refractivity contribution in [3.05, 3.63) is 106 Å². The molecule has 2 bridgehead atoms. The smallest absolute Gasteiger partial charge is 0.319 e. The lowest BCUT2D eigenvalue weighted by Gasteiger charge is -2.54. The van der Waals surface area contributed by atoms with Gasteiger partial charge in [0.1, 0.15) is 24.2 Å². The van der Waals surface area contributed by atoms with Gasteiger partial charge in [0.2, 0.25) is 5.91 Å². The zero-order chi connectivity index (χ0) is 52.0. The maximum Gasteiger partial charge on any atom is 0.319 e. The number of phenols is 1. The van der Waals surface area contributed by atoms with Crippen LogP contribution in [0, 0.1) is 12.3 Å². The SMILES string of the molecule is CC(C)=C(C(=O)N1C[C@H](O)C[C@H]1C(=O)NCc1ccc(-c2scnc2C)cc1)c1cc(N2CC3(CCN(CCOc4nc(N5CC6CCC(C5)N6)c5cnc6c(c5n4)C(C)c4cccc5cc(O)cc-6c45)CC3)C2)no1. The maximum atomic E-state index is 14.3. The van der Waals surface area contributed by atoms with Crippen LogP contribution in [0.15, 0.2) is 82.5 Å². The van der Waals surface area contributed by atoms with Gasteiger partial charge in [-0.05, 0) is 99.1 Å². The first-order valence-electron chi connectivity index (χ1n) is 26.8. The van der Waals surface area contributed by atoms with Crippen LogP contribution < -0.4 is 25.2 Å². The van der Waals surface area contributed by atoms with Crippen molar-refractivity contribution in [2.45, 2.75) is 96.5 Å². The molecular formula is C58H63N11O6S. The molecule has 17 nitrogen and oxygen atoms in total. The van der Waals surface area contributed by atoms with Crippen molar-refractivity contribution in [2.75, 3.05) is 68.8 Å². The van der Waals surface area contributed by atoms with Crippen LogP contribution in [-0.2, 0) is 16.1 Å². The molecule has 0 saturated carbocycles. The van der Waals surface area contributed by atoms with Crippen molar-refractivity contribution < 1.29 is 29.1 Å². The number of carbonyl (C=O) groups is 2. The lowest BCUT2D eigenvalue weighted by Crippen LogP contribution is -2.60. The Morgan fingerprint density at radius 2 is 1.76 bits per heavy atom. The number of amides is 2. The van der Waals surface area contributed by atoms with E-state index in [4.69, 9.17) is 24.2 Å². The van der Waals surface area contributed by atoms with Gasteiger partial charge in [-0.2, -0.15) is 9.97 Å². The highest BCUT2D eigenvalue weighted by atomic mass is 32.1. The minimum Gasteiger partial charge on any atom is -0.508 e. The Balaban J connectivity index is 0.642. The van der Waals surface area contributed by atoms with Gasteiger partial charge >= 0.3 is 6.01 Å². The Hall–Kier alpha value is -6.99. The van der Waals surface area contributed by atoms with Gasteiger partial charge in [0.05, 0.1) is 44.4 Å². The fourth-order valence-electron chi connectivity index (χ4n) is 13.1. The third-order valence-corrected chi connectivity index (χ3v) is 18.0. The number of carbonyl (C=O) groups excluding carboxylic acids is 2. The number of β-amino-alcohol motifs (C(OH)–C–C–N with tert-alkyl or cyclic N) is 1. The minimum absolute atomic E-state index is 0.0151. The molecule has 1 aliphatic carbocycles. The van der Waals surface area contributed by atoms with E-state index >= 15 is 0 Å². The van der Waals surface area contributed by atoms with Crippen molar-refractivity contribution in [1.29, 1.82) is 0 Å². The molecule has 3 unspecified atom stereocenters. The topological polar surface area (TPSA) is 198 Å². The number of aromatic nitrogens is 5. The van der Waals surface area contributed by atoms with E-state index in [9.17, 15) is 19.8 Å². The van der Waals surface area contributed by atoms with E-state index in [0.29, 0.717) is 48.4 Å². The van der Waals surface area contributed by atoms with E-state index in [2.05, 4.69) is 54.5 Å². The number of thiazole rings is 1. The molecule has 4 aromatic heterocycles. The van der Waals surface area contributed by atoms with Crippen molar-refractivity contribution in [3.63, 3.8) is 0 Å². The normalized spacial score (nSPS) is 22.5. The third-order valence-electron chi connectivity index (χ3n) is 17.1. The average Bonchev–Trinajstić information content (AvgIpc) is 4.37. The number of nitrogens with zero attached hydrogens (tertiary/aromatic N) is 9. The summed E-state index contributed by atoms with van der Waals surface area (Å²) in [6.45, 7) is 14.8. The minimum atomic E-state index is -0.830. The molecule has 6 aliphatic rings. The largest absolute Gasteiger partial charge is 0.508 e. The maximum absolute atomic E-state index is 14.3. The van der Waals surface area contributed by atoms with E-state index < -0.39 is 12.1 Å². The molecule has 4 N–H and O–H groups in total. The predicted octanol–water partition coefficient (Wildman–Crippen LogP) is 7.43. The van der Waals surface area contributed by atoms with Gasteiger partial charge in [-0.1, -0.05) is 60.1 Å². The second-order valence-electron chi connectivity index (χ2n) is 22.3. The van der Waals surface area contributed by atoms with Crippen LogP contribution >= 0.6 is 11.3 Å². The first kappa shape index (κ1) is 48.6. The van der Waals surface area contributed by atoms with Crippen LogP contribution in [-0.4, -0.2) is 140 Å². The summed E-state index contributed by atoms with van der Waals surface area (Å²) in [6, 6.07) is 20.2. The fourth-order valence-corrected chi connectivity index (χ4v) is 13.9. The quantitative estimate of drug-likeness (QED) is 0.0881. The lowest BCUT2D eigenvalue weighted by molar-refractivity contribution is -0.134. The van der Waals surface area contributed by atoms with E-state index in [1.165, 1.54) is 10.5 Å². The zero-order valence-corrected chi connectivity index (χ0v) is 44.2. The number of aliphatic hydroxyl groups is 1. The van der Waals surface area contributed by atoms with Crippen molar-refractivity contribution in [1.82, 2.24) is 45.5 Å². The number of piperidine rings is 1. The number of ether oxygens (including phenoxy) is 1. The van der Waals surface area contributed by atoms with Crippen LogP contribution in [0.25, 0.3) is 48.9 Å². The molecule has 3 aromatic carbocycles. The number of likely N-dealkylation sites (tertiary alicyclic amines) is 2. The summed E-state index contributed by atoms with van der Waals surface area (Å²) in [5, 5.41) is 35.8. The summed E-state index contributed by atoms with van der Waals surface area (Å²) in [7, 11) is 0. The number of aryl methyl sites for hydroxylation is 1. The summed E-state index contributed by atoms with van der Waals surface area (Å²) in [6.07, 6.45) is 5.63. The molecule has 13 rings (SSSR count). The zero-order valence-electron chi connectivity index (χ0n) is 43.4. The fraction of sp³-hybridized carbons (Fsp3) is 0.431. The Kier molecular flexibility index (Phi) is 12.3. The Morgan fingerprint density at radius 3 is 2.51 bits per heavy atom. The number of allylic oxidation sites excluding steroid dienone is 1. The summed E-state index contributed by atoms with van der Waals surface area (Å²) in [4.78, 5) is 57.4. The van der Waals surface area contributed by atoms with E-state index in [-0.39, 0.29) is 41.9 Å². The number of piperazine rings is 1. The highest BCUT2D eigenvalue weighted by molar-refractivity contribution is 7.13. The molecule has 76 heavy (non-hydrogen) atoms. The number of aromatic hydroxyl groups is 1. The Bertz CT molecular complexity index is 3440. The molecular weight excluding hydrogens is 979 g/mol. The molecule has 1 spiro atoms. The van der Waals surface area contributed by atoms with Crippen molar-refractivity contribution in [3.8, 4) is 33.5 Å². The molecule has 0 radical (unpaired) electrons. The number of pyridine rings is 1. The molecule has 5 atom stereocenters. The van der Waals surface area contributed by atoms with Crippen LogP contribution in [0.4, 0.5) is 11.6 Å². The Morgan fingerprint density at radius 1 is 0.974 bits per heavy atom. The highest BCUT2D eigenvalue weighted by Crippen LogP contribution is 2.49. The summed E-state index contributed by atoms with van der Waals surface area (Å²) in [5.74, 6) is 1.46. The number of hydrogen-bond acceptors (Lipinski definition) is 16. The lowest BCUT2D eigenvalue weighted by atomic mass is 9.72. The second kappa shape index (κ2) is 19.2. The first-order valence-corrected chi connectivity index (χ1v) is 27.7. The highest BCUT2D eigenvalue weighted by Gasteiger charge is 2.47. The summed E-state index contributed by atoms with van der Waals surface area (Å²) >= 11 is 1.59. The molecule has 2 amide bonds. The second-order valence-corrected chi connectivity index (χ2v) is 23.2. The number of anilines is 2. The molecule has 5 aliphatic heterocycles. The molecule has 5 saturated heterocycles. The molecule has 18 heteroatoms. The number of hydrogen-bond donors (Lipinski definition) is 4. The number of aliphatic hydroxyl groups excluding tert-OH is 1. The predicted molar refractivity (Wildman–Crippen MR) is 292 cm³/mol. The van der Waals surface area contributed by atoms with Crippen molar-refractivity contribution >= 4 is 62.0 Å². The number of rotatable bonds is 12. The van der Waals surface area contributed by atoms with Gasteiger partial charge in [-0.15, -0.1) is 11.3 Å². The van der Waals surface area contributed by atoms with Gasteiger partial charge in [0.25, 0.3) is 5.91 Å². The molecule has 9 heterocycles. The van der Waals surface area contributed by atoms with Gasteiger partial charge in [0.15, 0.2) is 11.6 Å². The van der Waals surface area contributed by atoms with Gasteiger partial charge in [0, 0.05) is 99.0 Å². The average molecular weight is 1040 g/mol. The third kappa shape index (κ3) is 8.72. The van der Waals surface area contributed by atoms with Crippen LogP contribution in [0.1, 0.15) is 86.9 Å². The number of phenolic OH excluding ortho intramolecular Hbond substituents is 1. The number of benzene rings is 3. The summed E-state index contributed by atoms with van der Waals surface area (Å²) in [5.41, 5.74) is 10.9. The number of nitrogens with one attached hydrogen (secondary N) is 2. The van der Waals surface area contributed by atoms with Gasteiger partial charge in [-0.3, -0.25) is 19.5 Å². The van der Waals surface area contributed by atoms with Crippen LogP contribution in [0.3, 0.4) is 0 Å². The van der Waals surface area contributed by atoms with Crippen LogP contribution in [0.5, 0.6) is 11.8 Å². The van der Waals surface area contributed by atoms with E-state index in [1.54, 1.807) is 11.3 Å². The monoisotopic (exact) mass is 1040 g/mol. The van der Waals surface area contributed by atoms with E-state index in [1.807, 2.05) is 81.0 Å².